The van der Waals surface area contributed by atoms with Gasteiger partial charge >= 0.3 is 5.76 Å². The lowest BCUT2D eigenvalue weighted by atomic mass is 10.2. The topological polar surface area (TPSA) is 96.5 Å². The van der Waals surface area contributed by atoms with E-state index in [0.717, 1.165) is 45.1 Å². The number of nitrogen functional groups attached to an aromatic ring is 1. The number of oxazole rings is 1. The smallest absolute Gasteiger partial charge is 0.408 e. The maximum absolute atomic E-state index is 11.1. The Morgan fingerprint density at radius 1 is 1.35 bits per heavy atom. The summed E-state index contributed by atoms with van der Waals surface area (Å²) in [6.07, 6.45) is 0. The fourth-order valence-electron chi connectivity index (χ4n) is 2.34. The molecule has 0 saturated carbocycles. The maximum atomic E-state index is 11.1. The number of anilines is 2. The van der Waals surface area contributed by atoms with Crippen LogP contribution in [0.3, 0.4) is 0 Å². The van der Waals surface area contributed by atoms with Crippen molar-refractivity contribution < 1.29 is 9.15 Å². The van der Waals surface area contributed by atoms with Crippen LogP contribution in [0.5, 0.6) is 0 Å². The molecule has 1 aromatic heterocycles. The van der Waals surface area contributed by atoms with Gasteiger partial charge in [-0.25, -0.2) is 4.79 Å². The van der Waals surface area contributed by atoms with Crippen LogP contribution in [0.4, 0.5) is 11.4 Å². The lowest BCUT2D eigenvalue weighted by Crippen LogP contribution is -2.39. The SMILES string of the molecule is Nc1cc2oc(=O)[nH]c2cc1NCCN1CCOCC1. The number of hydrogen-bond donors (Lipinski definition) is 3. The van der Waals surface area contributed by atoms with Crippen LogP contribution in [0.1, 0.15) is 0 Å². The molecule has 0 aliphatic carbocycles. The predicted octanol–water partition coefficient (Wildman–Crippen LogP) is 0.447. The Labute approximate surface area is 115 Å². The Morgan fingerprint density at radius 2 is 2.15 bits per heavy atom. The number of ether oxygens (including phenoxy) is 1. The van der Waals surface area contributed by atoms with Crippen molar-refractivity contribution in [2.24, 2.45) is 0 Å². The molecule has 1 aliphatic rings. The van der Waals surface area contributed by atoms with E-state index in [1.807, 2.05) is 0 Å². The largest absolute Gasteiger partial charge is 0.417 e. The van der Waals surface area contributed by atoms with Crippen LogP contribution < -0.4 is 16.8 Å². The number of rotatable bonds is 4. The molecule has 0 unspecified atom stereocenters. The molecule has 1 fully saturated rings. The van der Waals surface area contributed by atoms with Crippen LogP contribution >= 0.6 is 0 Å². The quantitative estimate of drug-likeness (QED) is 0.703. The second-order valence-corrected chi connectivity index (χ2v) is 4.83. The fourth-order valence-corrected chi connectivity index (χ4v) is 2.34. The lowest BCUT2D eigenvalue weighted by molar-refractivity contribution is 0.0398. The molecule has 0 radical (unpaired) electrons. The first-order chi connectivity index (χ1) is 9.72. The van der Waals surface area contributed by atoms with Gasteiger partial charge in [-0.1, -0.05) is 0 Å². The van der Waals surface area contributed by atoms with Gasteiger partial charge < -0.3 is 20.2 Å². The number of morpholine rings is 1. The highest BCUT2D eigenvalue weighted by Crippen LogP contribution is 2.24. The Morgan fingerprint density at radius 3 is 2.95 bits per heavy atom. The van der Waals surface area contributed by atoms with Crippen LogP contribution in [0.2, 0.25) is 0 Å². The van der Waals surface area contributed by atoms with Crippen molar-refractivity contribution in [3.63, 3.8) is 0 Å². The zero-order chi connectivity index (χ0) is 13.9. The van der Waals surface area contributed by atoms with E-state index in [1.165, 1.54) is 0 Å². The van der Waals surface area contributed by atoms with Crippen molar-refractivity contribution in [2.75, 3.05) is 50.4 Å². The third-order valence-corrected chi connectivity index (χ3v) is 3.44. The van der Waals surface area contributed by atoms with Crippen molar-refractivity contribution in [2.45, 2.75) is 0 Å². The van der Waals surface area contributed by atoms with Crippen molar-refractivity contribution in [3.8, 4) is 0 Å². The van der Waals surface area contributed by atoms with Crippen molar-refractivity contribution >= 4 is 22.5 Å². The van der Waals surface area contributed by atoms with Gasteiger partial charge in [0.25, 0.3) is 0 Å². The normalized spacial score (nSPS) is 16.6. The van der Waals surface area contributed by atoms with Gasteiger partial charge in [-0.2, -0.15) is 0 Å². The summed E-state index contributed by atoms with van der Waals surface area (Å²) < 4.78 is 10.3. The Bertz CT molecular complexity index is 643. The van der Waals surface area contributed by atoms with Crippen LogP contribution in [0.15, 0.2) is 21.3 Å². The van der Waals surface area contributed by atoms with Gasteiger partial charge in [0.15, 0.2) is 5.58 Å². The van der Waals surface area contributed by atoms with E-state index in [-0.39, 0.29) is 0 Å². The highest BCUT2D eigenvalue weighted by molar-refractivity contribution is 5.85. The van der Waals surface area contributed by atoms with E-state index >= 15 is 0 Å². The minimum absolute atomic E-state index is 0.468. The Balaban J connectivity index is 1.64. The van der Waals surface area contributed by atoms with E-state index in [0.29, 0.717) is 16.8 Å². The predicted molar refractivity (Wildman–Crippen MR) is 77.0 cm³/mol. The summed E-state index contributed by atoms with van der Waals surface area (Å²) >= 11 is 0. The molecule has 2 aromatic rings. The maximum Gasteiger partial charge on any atom is 0.417 e. The number of hydrogen-bond acceptors (Lipinski definition) is 6. The fraction of sp³-hybridized carbons (Fsp3) is 0.462. The lowest BCUT2D eigenvalue weighted by Gasteiger charge is -2.26. The minimum Gasteiger partial charge on any atom is -0.408 e. The molecule has 7 heteroatoms. The summed E-state index contributed by atoms with van der Waals surface area (Å²) in [7, 11) is 0. The monoisotopic (exact) mass is 278 g/mol. The number of fused-ring (bicyclic) bond motifs is 1. The Hall–Kier alpha value is -1.99. The molecule has 1 aliphatic heterocycles. The van der Waals surface area contributed by atoms with Gasteiger partial charge in [0.2, 0.25) is 0 Å². The highest BCUT2D eigenvalue weighted by Gasteiger charge is 2.10. The van der Waals surface area contributed by atoms with E-state index in [4.69, 9.17) is 14.9 Å². The number of nitrogens with two attached hydrogens (primary N) is 1. The first-order valence-corrected chi connectivity index (χ1v) is 6.69. The first-order valence-electron chi connectivity index (χ1n) is 6.69. The molecule has 20 heavy (non-hydrogen) atoms. The molecule has 4 N–H and O–H groups in total. The molecule has 2 heterocycles. The first kappa shape index (κ1) is 13.0. The number of benzene rings is 1. The van der Waals surface area contributed by atoms with Crippen molar-refractivity contribution in [1.82, 2.24) is 9.88 Å². The summed E-state index contributed by atoms with van der Waals surface area (Å²) in [5.41, 5.74) is 8.45. The van der Waals surface area contributed by atoms with E-state index in [9.17, 15) is 4.79 Å². The standard InChI is InChI=1S/C13H18N4O3/c14-9-7-12-11(16-13(18)20-12)8-10(9)15-1-2-17-3-5-19-6-4-17/h7-8,15H,1-6,14H2,(H,16,18). The highest BCUT2D eigenvalue weighted by atomic mass is 16.5. The molecule has 0 bridgehead atoms. The summed E-state index contributed by atoms with van der Waals surface area (Å²) in [5.74, 6) is -0.468. The summed E-state index contributed by atoms with van der Waals surface area (Å²) in [6.45, 7) is 5.24. The van der Waals surface area contributed by atoms with Gasteiger partial charge in [0, 0.05) is 32.2 Å². The number of aromatic nitrogens is 1. The second-order valence-electron chi connectivity index (χ2n) is 4.83. The van der Waals surface area contributed by atoms with Crippen LogP contribution in [0.25, 0.3) is 11.1 Å². The van der Waals surface area contributed by atoms with Crippen LogP contribution in [-0.2, 0) is 4.74 Å². The van der Waals surface area contributed by atoms with Crippen molar-refractivity contribution in [3.05, 3.63) is 22.7 Å². The molecule has 108 valence electrons. The average Bonchev–Trinajstić information content (AvgIpc) is 2.79. The minimum atomic E-state index is -0.468. The molecule has 0 atom stereocenters. The van der Waals surface area contributed by atoms with E-state index in [1.54, 1.807) is 12.1 Å². The molecular formula is C13H18N4O3. The molecule has 0 spiro atoms. The van der Waals surface area contributed by atoms with Crippen LogP contribution in [-0.4, -0.2) is 49.3 Å². The van der Waals surface area contributed by atoms with Gasteiger partial charge in [0.1, 0.15) is 0 Å². The van der Waals surface area contributed by atoms with Crippen molar-refractivity contribution in [1.29, 1.82) is 0 Å². The summed E-state index contributed by atoms with van der Waals surface area (Å²) in [6, 6.07) is 3.46. The van der Waals surface area contributed by atoms with Gasteiger partial charge in [0.05, 0.1) is 30.1 Å². The zero-order valence-electron chi connectivity index (χ0n) is 11.1. The van der Waals surface area contributed by atoms with E-state index in [2.05, 4.69) is 15.2 Å². The van der Waals surface area contributed by atoms with Gasteiger partial charge in [-0.05, 0) is 6.07 Å². The van der Waals surface area contributed by atoms with Gasteiger partial charge in [-0.15, -0.1) is 0 Å². The third-order valence-electron chi connectivity index (χ3n) is 3.44. The molecule has 3 rings (SSSR count). The summed E-state index contributed by atoms with van der Waals surface area (Å²) in [4.78, 5) is 16.1. The molecular weight excluding hydrogens is 260 g/mol. The zero-order valence-corrected chi connectivity index (χ0v) is 11.1. The van der Waals surface area contributed by atoms with Crippen LogP contribution in [0, 0.1) is 0 Å². The molecule has 1 aromatic carbocycles. The number of H-pyrrole nitrogens is 1. The van der Waals surface area contributed by atoms with Gasteiger partial charge in [-0.3, -0.25) is 9.88 Å². The van der Waals surface area contributed by atoms with E-state index < -0.39 is 5.76 Å². The molecule has 0 amide bonds. The number of aromatic amines is 1. The third kappa shape index (κ3) is 2.78. The second kappa shape index (κ2) is 5.56. The molecule has 1 saturated heterocycles. The summed E-state index contributed by atoms with van der Waals surface area (Å²) in [5, 5.41) is 3.29. The molecule has 7 nitrogen and oxygen atoms in total. The average molecular weight is 278 g/mol. The number of nitrogens with zero attached hydrogens (tertiary/aromatic N) is 1. The Kier molecular flexibility index (Phi) is 3.62. The number of nitrogens with one attached hydrogen (secondary N) is 2.